The Bertz CT molecular complexity index is 330. The molecule has 2 N–H and O–H groups in total. The van der Waals surface area contributed by atoms with E-state index in [1.54, 1.807) is 0 Å². The number of hydrogen-bond donors (Lipinski definition) is 1. The van der Waals surface area contributed by atoms with Crippen molar-refractivity contribution in [2.75, 3.05) is 23.7 Å². The van der Waals surface area contributed by atoms with Crippen LogP contribution in [0.4, 0.5) is 11.4 Å². The van der Waals surface area contributed by atoms with Gasteiger partial charge in [-0.25, -0.2) is 0 Å². The molecule has 1 aliphatic heterocycles. The molecule has 82 valence electrons. The highest BCUT2D eigenvalue weighted by atomic mass is 127. The van der Waals surface area contributed by atoms with Crippen molar-refractivity contribution in [3.05, 3.63) is 21.8 Å². The molecule has 0 saturated carbocycles. The Hall–Kier alpha value is -0.450. The van der Waals surface area contributed by atoms with Crippen LogP contribution in [0.3, 0.4) is 0 Å². The lowest BCUT2D eigenvalue weighted by atomic mass is 10.2. The summed E-state index contributed by atoms with van der Waals surface area (Å²) < 4.78 is 1.21. The van der Waals surface area contributed by atoms with E-state index in [4.69, 9.17) is 5.73 Å². The molecule has 1 saturated heterocycles. The van der Waals surface area contributed by atoms with Crippen molar-refractivity contribution in [3.63, 3.8) is 0 Å². The minimum atomic E-state index is 0.920. The van der Waals surface area contributed by atoms with Gasteiger partial charge in [-0.15, -0.1) is 0 Å². The SMILES string of the molecule is Nc1cc(I)ccc1N1CCCCCC1. The summed E-state index contributed by atoms with van der Waals surface area (Å²) in [4.78, 5) is 2.43. The number of rotatable bonds is 1. The topological polar surface area (TPSA) is 29.3 Å². The van der Waals surface area contributed by atoms with Crippen molar-refractivity contribution in [3.8, 4) is 0 Å². The van der Waals surface area contributed by atoms with Gasteiger partial charge in [0.2, 0.25) is 0 Å². The van der Waals surface area contributed by atoms with Crippen LogP contribution in [0, 0.1) is 3.57 Å². The maximum Gasteiger partial charge on any atom is 0.0600 e. The van der Waals surface area contributed by atoms with Crippen molar-refractivity contribution in [2.45, 2.75) is 25.7 Å². The van der Waals surface area contributed by atoms with Crippen LogP contribution in [0.1, 0.15) is 25.7 Å². The van der Waals surface area contributed by atoms with E-state index in [-0.39, 0.29) is 0 Å². The monoisotopic (exact) mass is 316 g/mol. The molecule has 1 heterocycles. The van der Waals surface area contributed by atoms with Gasteiger partial charge in [-0.2, -0.15) is 0 Å². The molecule has 0 bridgehead atoms. The number of nitrogen functional groups attached to an aromatic ring is 1. The highest BCUT2D eigenvalue weighted by Crippen LogP contribution is 2.27. The van der Waals surface area contributed by atoms with Crippen molar-refractivity contribution in [1.29, 1.82) is 0 Å². The second-order valence-electron chi connectivity index (χ2n) is 4.10. The Kier molecular flexibility index (Phi) is 3.72. The standard InChI is InChI=1S/C12H17IN2/c13-10-5-6-12(11(14)9-10)15-7-3-1-2-4-8-15/h5-6,9H,1-4,7-8,14H2. The largest absolute Gasteiger partial charge is 0.397 e. The second-order valence-corrected chi connectivity index (χ2v) is 5.35. The maximum absolute atomic E-state index is 6.06. The van der Waals surface area contributed by atoms with E-state index >= 15 is 0 Å². The Morgan fingerprint density at radius 1 is 1.07 bits per heavy atom. The third-order valence-electron chi connectivity index (χ3n) is 2.94. The van der Waals surface area contributed by atoms with Crippen molar-refractivity contribution in [2.24, 2.45) is 0 Å². The van der Waals surface area contributed by atoms with Gasteiger partial charge in [0, 0.05) is 16.7 Å². The quantitative estimate of drug-likeness (QED) is 0.636. The van der Waals surface area contributed by atoms with Crippen LogP contribution >= 0.6 is 22.6 Å². The van der Waals surface area contributed by atoms with Gasteiger partial charge in [0.15, 0.2) is 0 Å². The molecule has 0 aliphatic carbocycles. The molecule has 3 heteroatoms. The number of nitrogens with two attached hydrogens (primary N) is 1. The van der Waals surface area contributed by atoms with E-state index in [0.29, 0.717) is 0 Å². The fourth-order valence-electron chi connectivity index (χ4n) is 2.12. The van der Waals surface area contributed by atoms with E-state index in [1.807, 2.05) is 0 Å². The molecule has 0 unspecified atom stereocenters. The Morgan fingerprint density at radius 2 is 1.73 bits per heavy atom. The zero-order chi connectivity index (χ0) is 10.7. The summed E-state index contributed by atoms with van der Waals surface area (Å²) in [7, 11) is 0. The highest BCUT2D eigenvalue weighted by Gasteiger charge is 2.12. The first-order valence-corrected chi connectivity index (χ1v) is 6.65. The zero-order valence-corrected chi connectivity index (χ0v) is 11.0. The molecule has 0 spiro atoms. The van der Waals surface area contributed by atoms with E-state index < -0.39 is 0 Å². The summed E-state index contributed by atoms with van der Waals surface area (Å²) in [6, 6.07) is 6.35. The van der Waals surface area contributed by atoms with Crippen molar-refractivity contribution in [1.82, 2.24) is 0 Å². The smallest absolute Gasteiger partial charge is 0.0600 e. The van der Waals surface area contributed by atoms with Crippen LogP contribution in [0.5, 0.6) is 0 Å². The molecule has 0 radical (unpaired) electrons. The van der Waals surface area contributed by atoms with Crippen LogP contribution in [0.2, 0.25) is 0 Å². The average Bonchev–Trinajstić information content (AvgIpc) is 2.46. The fourth-order valence-corrected chi connectivity index (χ4v) is 2.64. The summed E-state index contributed by atoms with van der Waals surface area (Å²) in [6.45, 7) is 2.32. The first-order chi connectivity index (χ1) is 7.27. The summed E-state index contributed by atoms with van der Waals surface area (Å²) >= 11 is 2.30. The summed E-state index contributed by atoms with van der Waals surface area (Å²) in [6.07, 6.45) is 5.32. The van der Waals surface area contributed by atoms with E-state index in [9.17, 15) is 0 Å². The Morgan fingerprint density at radius 3 is 2.33 bits per heavy atom. The second kappa shape index (κ2) is 5.05. The summed E-state index contributed by atoms with van der Waals surface area (Å²) in [5.41, 5.74) is 8.20. The number of benzene rings is 1. The van der Waals surface area contributed by atoms with Gasteiger partial charge in [-0.1, -0.05) is 12.8 Å². The van der Waals surface area contributed by atoms with E-state index in [1.165, 1.54) is 34.9 Å². The van der Waals surface area contributed by atoms with Crippen LogP contribution in [0.15, 0.2) is 18.2 Å². The number of hydrogen-bond acceptors (Lipinski definition) is 2. The molecule has 2 rings (SSSR count). The molecule has 1 aromatic carbocycles. The number of nitrogens with zero attached hydrogens (tertiary/aromatic N) is 1. The fraction of sp³-hybridized carbons (Fsp3) is 0.500. The molecular formula is C12H17IN2. The van der Waals surface area contributed by atoms with Crippen molar-refractivity contribution < 1.29 is 0 Å². The van der Waals surface area contributed by atoms with Gasteiger partial charge in [-0.05, 0) is 53.6 Å². The van der Waals surface area contributed by atoms with Crippen LogP contribution in [-0.2, 0) is 0 Å². The maximum atomic E-state index is 6.06. The number of halogens is 1. The minimum absolute atomic E-state index is 0.920. The predicted molar refractivity (Wildman–Crippen MR) is 74.3 cm³/mol. The zero-order valence-electron chi connectivity index (χ0n) is 8.88. The molecule has 0 amide bonds. The Balaban J connectivity index is 2.19. The van der Waals surface area contributed by atoms with Gasteiger partial charge in [-0.3, -0.25) is 0 Å². The molecular weight excluding hydrogens is 299 g/mol. The number of anilines is 2. The van der Waals surface area contributed by atoms with Gasteiger partial charge < -0.3 is 10.6 Å². The first-order valence-electron chi connectivity index (χ1n) is 5.57. The normalized spacial score (nSPS) is 17.5. The minimum Gasteiger partial charge on any atom is -0.397 e. The van der Waals surface area contributed by atoms with Gasteiger partial charge >= 0.3 is 0 Å². The molecule has 0 aromatic heterocycles. The first kappa shape index (κ1) is 11.0. The lowest BCUT2D eigenvalue weighted by molar-refractivity contribution is 0.726. The Labute approximate surface area is 105 Å². The van der Waals surface area contributed by atoms with Gasteiger partial charge in [0.05, 0.1) is 11.4 Å². The molecule has 0 atom stereocenters. The molecule has 1 aromatic rings. The molecule has 2 nitrogen and oxygen atoms in total. The summed E-state index contributed by atoms with van der Waals surface area (Å²) in [5.74, 6) is 0. The third-order valence-corrected chi connectivity index (χ3v) is 3.61. The molecule has 15 heavy (non-hydrogen) atoms. The van der Waals surface area contributed by atoms with E-state index in [2.05, 4.69) is 45.7 Å². The molecule has 1 aliphatic rings. The van der Waals surface area contributed by atoms with Gasteiger partial charge in [0.25, 0.3) is 0 Å². The summed E-state index contributed by atoms with van der Waals surface area (Å²) in [5, 5.41) is 0. The third kappa shape index (κ3) is 2.77. The van der Waals surface area contributed by atoms with Crippen LogP contribution in [-0.4, -0.2) is 13.1 Å². The lowest BCUT2D eigenvalue weighted by Crippen LogP contribution is -2.24. The van der Waals surface area contributed by atoms with Gasteiger partial charge in [0.1, 0.15) is 0 Å². The molecule has 1 fully saturated rings. The highest BCUT2D eigenvalue weighted by molar-refractivity contribution is 14.1. The predicted octanol–water partition coefficient (Wildman–Crippen LogP) is 3.25. The average molecular weight is 316 g/mol. The van der Waals surface area contributed by atoms with Crippen LogP contribution in [0.25, 0.3) is 0 Å². The van der Waals surface area contributed by atoms with Crippen molar-refractivity contribution >= 4 is 34.0 Å². The van der Waals surface area contributed by atoms with E-state index in [0.717, 1.165) is 18.8 Å². The van der Waals surface area contributed by atoms with Crippen LogP contribution < -0.4 is 10.6 Å². The lowest BCUT2D eigenvalue weighted by Gasteiger charge is -2.24.